The minimum Gasteiger partial charge on any atom is -0.375 e. The van der Waals surface area contributed by atoms with Gasteiger partial charge in [0.1, 0.15) is 5.82 Å². The van der Waals surface area contributed by atoms with Crippen LogP contribution in [0.1, 0.15) is 36.1 Å². The van der Waals surface area contributed by atoms with Crippen molar-refractivity contribution in [3.8, 4) is 0 Å². The van der Waals surface area contributed by atoms with Crippen LogP contribution in [0.5, 0.6) is 0 Å². The zero-order valence-electron chi connectivity index (χ0n) is 8.91. The Morgan fingerprint density at radius 2 is 2.33 bits per heavy atom. The van der Waals surface area contributed by atoms with E-state index in [0.29, 0.717) is 19.2 Å². The summed E-state index contributed by atoms with van der Waals surface area (Å²) in [7, 11) is 0. The number of nitrogens with zero attached hydrogens (tertiary/aromatic N) is 2. The van der Waals surface area contributed by atoms with Crippen molar-refractivity contribution in [2.75, 3.05) is 13.2 Å². The summed E-state index contributed by atoms with van der Waals surface area (Å²) in [6.07, 6.45) is 4.52. The Hall–Kier alpha value is -0.870. The fourth-order valence-corrected chi connectivity index (χ4v) is 2.36. The average molecular weight is 207 g/mol. The highest BCUT2D eigenvalue weighted by atomic mass is 16.5. The van der Waals surface area contributed by atoms with Crippen LogP contribution in [0.25, 0.3) is 0 Å². The molecule has 2 heterocycles. The van der Waals surface area contributed by atoms with Crippen LogP contribution in [0.15, 0.2) is 0 Å². The second-order valence-electron chi connectivity index (χ2n) is 4.36. The van der Waals surface area contributed by atoms with Crippen molar-refractivity contribution >= 4 is 0 Å². The second kappa shape index (κ2) is 3.61. The van der Waals surface area contributed by atoms with E-state index >= 15 is 0 Å². The first kappa shape index (κ1) is 9.36. The molecule has 0 aromatic carbocycles. The summed E-state index contributed by atoms with van der Waals surface area (Å²) in [5.41, 5.74) is 8.18. The van der Waals surface area contributed by atoms with Crippen LogP contribution in [0.3, 0.4) is 0 Å². The topological polar surface area (TPSA) is 53.1 Å². The highest BCUT2D eigenvalue weighted by Gasteiger charge is 2.31. The normalized spacial score (nSPS) is 20.3. The predicted molar refractivity (Wildman–Crippen MR) is 56.6 cm³/mol. The van der Waals surface area contributed by atoms with Crippen molar-refractivity contribution in [2.45, 2.75) is 38.3 Å². The van der Waals surface area contributed by atoms with E-state index in [9.17, 15) is 0 Å². The van der Waals surface area contributed by atoms with Crippen LogP contribution < -0.4 is 5.73 Å². The van der Waals surface area contributed by atoms with Crippen LogP contribution in [0, 0.1) is 0 Å². The zero-order valence-corrected chi connectivity index (χ0v) is 8.91. The first-order chi connectivity index (χ1) is 7.40. The third kappa shape index (κ3) is 1.58. The predicted octanol–water partition coefficient (Wildman–Crippen LogP) is 0.792. The van der Waals surface area contributed by atoms with Crippen molar-refractivity contribution < 1.29 is 4.74 Å². The summed E-state index contributed by atoms with van der Waals surface area (Å²) >= 11 is 0. The Morgan fingerprint density at radius 3 is 3.07 bits per heavy atom. The van der Waals surface area contributed by atoms with Gasteiger partial charge in [-0.25, -0.2) is 4.98 Å². The number of rotatable bonds is 3. The molecule has 0 spiro atoms. The molecule has 0 atom stereocenters. The molecule has 2 N–H and O–H groups in total. The molecule has 4 nitrogen and oxygen atoms in total. The third-order valence-corrected chi connectivity index (χ3v) is 3.17. The third-order valence-electron chi connectivity index (χ3n) is 3.17. The van der Waals surface area contributed by atoms with Gasteiger partial charge in [-0.3, -0.25) is 0 Å². The van der Waals surface area contributed by atoms with Gasteiger partial charge in [-0.05, 0) is 19.4 Å². The zero-order chi connectivity index (χ0) is 10.3. The lowest BCUT2D eigenvalue weighted by Gasteiger charge is -2.15. The van der Waals surface area contributed by atoms with Gasteiger partial charge < -0.3 is 15.0 Å². The maximum absolute atomic E-state index is 5.62. The molecule has 1 fully saturated rings. The smallest absolute Gasteiger partial charge is 0.110 e. The molecular weight excluding hydrogens is 190 g/mol. The van der Waals surface area contributed by atoms with Gasteiger partial charge in [0.05, 0.1) is 18.9 Å². The van der Waals surface area contributed by atoms with Crippen LogP contribution in [-0.2, 0) is 24.2 Å². The lowest BCUT2D eigenvalue weighted by molar-refractivity contribution is 0.106. The quantitative estimate of drug-likeness (QED) is 0.797. The number of aromatic nitrogens is 2. The molecule has 1 aliphatic carbocycles. The summed E-state index contributed by atoms with van der Waals surface area (Å²) in [5, 5.41) is 0. The SMILES string of the molecule is NCCc1nc2c(n1C1CC1)CCOC2. The van der Waals surface area contributed by atoms with Gasteiger partial charge >= 0.3 is 0 Å². The maximum Gasteiger partial charge on any atom is 0.110 e. The summed E-state index contributed by atoms with van der Waals surface area (Å²) in [5.74, 6) is 1.18. The Labute approximate surface area is 89.4 Å². The van der Waals surface area contributed by atoms with Gasteiger partial charge in [0.15, 0.2) is 0 Å². The maximum atomic E-state index is 5.62. The van der Waals surface area contributed by atoms with Gasteiger partial charge in [0.2, 0.25) is 0 Å². The molecule has 2 aliphatic rings. The number of hydrogen-bond donors (Lipinski definition) is 1. The van der Waals surface area contributed by atoms with Crippen molar-refractivity contribution in [3.05, 3.63) is 17.2 Å². The number of imidazole rings is 1. The van der Waals surface area contributed by atoms with E-state index in [4.69, 9.17) is 10.5 Å². The summed E-state index contributed by atoms with van der Waals surface area (Å²) in [4.78, 5) is 4.66. The van der Waals surface area contributed by atoms with E-state index in [1.54, 1.807) is 0 Å². The average Bonchev–Trinajstić information content (AvgIpc) is 3.01. The second-order valence-corrected chi connectivity index (χ2v) is 4.36. The molecular formula is C11H17N3O. The Kier molecular flexibility index (Phi) is 2.25. The number of fused-ring (bicyclic) bond motifs is 1. The fraction of sp³-hybridized carbons (Fsp3) is 0.727. The van der Waals surface area contributed by atoms with E-state index in [-0.39, 0.29) is 0 Å². The molecule has 15 heavy (non-hydrogen) atoms. The van der Waals surface area contributed by atoms with Crippen molar-refractivity contribution in [2.24, 2.45) is 5.73 Å². The van der Waals surface area contributed by atoms with E-state index < -0.39 is 0 Å². The van der Waals surface area contributed by atoms with Gasteiger partial charge in [-0.15, -0.1) is 0 Å². The summed E-state index contributed by atoms with van der Waals surface area (Å²) in [6.45, 7) is 2.21. The van der Waals surface area contributed by atoms with Crippen molar-refractivity contribution in [1.82, 2.24) is 9.55 Å². The molecule has 1 saturated carbocycles. The molecule has 3 rings (SSSR count). The molecule has 1 aliphatic heterocycles. The molecule has 1 aromatic rings. The van der Waals surface area contributed by atoms with Gasteiger partial charge in [0, 0.05) is 24.6 Å². The Morgan fingerprint density at radius 1 is 1.47 bits per heavy atom. The first-order valence-corrected chi connectivity index (χ1v) is 5.77. The number of hydrogen-bond acceptors (Lipinski definition) is 3. The highest BCUT2D eigenvalue weighted by Crippen LogP contribution is 2.38. The number of nitrogens with two attached hydrogens (primary N) is 1. The molecule has 4 heteroatoms. The molecule has 0 bridgehead atoms. The minimum absolute atomic E-state index is 0.684. The van der Waals surface area contributed by atoms with Crippen molar-refractivity contribution in [1.29, 1.82) is 0 Å². The molecule has 0 saturated heterocycles. The number of ether oxygens (including phenoxy) is 1. The standard InChI is InChI=1S/C11H17N3O/c12-5-3-11-13-9-7-15-6-4-10(9)14(11)8-1-2-8/h8H,1-7,12H2. The van der Waals surface area contributed by atoms with E-state index in [1.807, 2.05) is 0 Å². The monoisotopic (exact) mass is 207 g/mol. The highest BCUT2D eigenvalue weighted by molar-refractivity contribution is 5.21. The Balaban J connectivity index is 2.01. The molecule has 0 radical (unpaired) electrons. The van der Waals surface area contributed by atoms with Crippen molar-refractivity contribution in [3.63, 3.8) is 0 Å². The van der Waals surface area contributed by atoms with Crippen LogP contribution in [-0.4, -0.2) is 22.7 Å². The lowest BCUT2D eigenvalue weighted by Crippen LogP contribution is -2.14. The summed E-state index contributed by atoms with van der Waals surface area (Å²) in [6, 6.07) is 0.709. The van der Waals surface area contributed by atoms with Crippen LogP contribution in [0.4, 0.5) is 0 Å². The van der Waals surface area contributed by atoms with Gasteiger partial charge in [-0.1, -0.05) is 0 Å². The molecule has 1 aromatic heterocycles. The minimum atomic E-state index is 0.684. The first-order valence-electron chi connectivity index (χ1n) is 5.77. The summed E-state index contributed by atoms with van der Waals surface area (Å²) < 4.78 is 7.87. The molecule has 0 unspecified atom stereocenters. The van der Waals surface area contributed by atoms with E-state index in [2.05, 4.69) is 9.55 Å². The fourth-order valence-electron chi connectivity index (χ4n) is 2.36. The van der Waals surface area contributed by atoms with E-state index in [1.165, 1.54) is 24.4 Å². The molecule has 82 valence electrons. The lowest BCUT2D eigenvalue weighted by atomic mass is 10.2. The van der Waals surface area contributed by atoms with Crippen LogP contribution in [0.2, 0.25) is 0 Å². The van der Waals surface area contributed by atoms with Crippen LogP contribution >= 0.6 is 0 Å². The van der Waals surface area contributed by atoms with Gasteiger partial charge in [0.25, 0.3) is 0 Å². The van der Waals surface area contributed by atoms with Gasteiger partial charge in [-0.2, -0.15) is 0 Å². The Bertz CT molecular complexity index is 368. The molecule has 0 amide bonds. The largest absolute Gasteiger partial charge is 0.375 e. The van der Waals surface area contributed by atoms with E-state index in [0.717, 1.165) is 25.1 Å².